The molecule has 0 saturated carbocycles. The molecule has 0 bridgehead atoms. The number of carbonyl (C=O) groups excluding carboxylic acids is 1. The first-order valence-corrected chi connectivity index (χ1v) is 7.40. The first-order chi connectivity index (χ1) is 9.01. The molecule has 1 heterocycles. The second kappa shape index (κ2) is 5.96. The smallest absolute Gasteiger partial charge is 0.272 e. The molecule has 2 rings (SSSR count). The fraction of sp³-hybridized carbons (Fsp3) is 0.214. The number of hydrogen-bond donors (Lipinski definition) is 1. The molecule has 19 heavy (non-hydrogen) atoms. The highest BCUT2D eigenvalue weighted by atomic mass is 127. The monoisotopic (exact) mass is 388 g/mol. The SMILES string of the molecule is CCn1cc(Cl)cc1C(=O)Nc1ccc(C)c(I)c1. The molecule has 0 aliphatic carbocycles. The summed E-state index contributed by atoms with van der Waals surface area (Å²) in [5.41, 5.74) is 2.56. The zero-order valence-corrected chi connectivity index (χ0v) is 13.6. The van der Waals surface area contributed by atoms with Gasteiger partial charge in [-0.25, -0.2) is 0 Å². The summed E-state index contributed by atoms with van der Waals surface area (Å²) in [7, 11) is 0. The van der Waals surface area contributed by atoms with Crippen molar-refractivity contribution in [1.29, 1.82) is 0 Å². The summed E-state index contributed by atoms with van der Waals surface area (Å²) in [5, 5.41) is 3.47. The van der Waals surface area contributed by atoms with Crippen LogP contribution in [0.3, 0.4) is 0 Å². The second-order valence-electron chi connectivity index (χ2n) is 4.25. The Bertz CT molecular complexity index is 622. The van der Waals surface area contributed by atoms with Gasteiger partial charge in [0, 0.05) is 22.0 Å². The predicted octanol–water partition coefficient (Wildman–Crippen LogP) is 4.33. The lowest BCUT2D eigenvalue weighted by Crippen LogP contribution is -2.16. The molecule has 100 valence electrons. The molecule has 1 N–H and O–H groups in total. The maximum absolute atomic E-state index is 12.2. The molecule has 0 saturated heterocycles. The molecule has 0 spiro atoms. The Morgan fingerprint density at radius 2 is 2.16 bits per heavy atom. The molecule has 3 nitrogen and oxygen atoms in total. The van der Waals surface area contributed by atoms with E-state index in [9.17, 15) is 4.79 Å². The normalized spacial score (nSPS) is 10.5. The van der Waals surface area contributed by atoms with Gasteiger partial charge in [-0.2, -0.15) is 0 Å². The molecular weight excluding hydrogens is 375 g/mol. The Morgan fingerprint density at radius 1 is 1.42 bits per heavy atom. The molecule has 0 unspecified atom stereocenters. The van der Waals surface area contributed by atoms with Crippen LogP contribution < -0.4 is 5.32 Å². The molecule has 5 heteroatoms. The van der Waals surface area contributed by atoms with Crippen LogP contribution in [0.15, 0.2) is 30.5 Å². The number of aryl methyl sites for hydroxylation is 2. The zero-order valence-electron chi connectivity index (χ0n) is 10.7. The van der Waals surface area contributed by atoms with Crippen molar-refractivity contribution in [2.24, 2.45) is 0 Å². The average molecular weight is 389 g/mol. The van der Waals surface area contributed by atoms with Crippen LogP contribution in [0.5, 0.6) is 0 Å². The van der Waals surface area contributed by atoms with E-state index in [1.165, 1.54) is 5.56 Å². The van der Waals surface area contributed by atoms with Gasteiger partial charge in [0.2, 0.25) is 0 Å². The number of aromatic nitrogens is 1. The van der Waals surface area contributed by atoms with Gasteiger partial charge in [-0.1, -0.05) is 17.7 Å². The van der Waals surface area contributed by atoms with Crippen molar-refractivity contribution >= 4 is 45.8 Å². The Labute approximate surface area is 131 Å². The number of nitrogens with zero attached hydrogens (tertiary/aromatic N) is 1. The molecular formula is C14H14ClIN2O. The lowest BCUT2D eigenvalue weighted by molar-refractivity contribution is 0.101. The summed E-state index contributed by atoms with van der Waals surface area (Å²) in [4.78, 5) is 12.2. The minimum Gasteiger partial charge on any atom is -0.342 e. The van der Waals surface area contributed by atoms with E-state index in [0.717, 1.165) is 9.26 Å². The molecule has 0 atom stereocenters. The summed E-state index contributed by atoms with van der Waals surface area (Å²) in [6.45, 7) is 4.72. The molecule has 0 aliphatic heterocycles. The Kier molecular flexibility index (Phi) is 4.52. The van der Waals surface area contributed by atoms with Gasteiger partial charge in [0.1, 0.15) is 5.69 Å². The van der Waals surface area contributed by atoms with E-state index in [0.29, 0.717) is 17.3 Å². The fourth-order valence-electron chi connectivity index (χ4n) is 1.79. The van der Waals surface area contributed by atoms with Gasteiger partial charge in [0.25, 0.3) is 5.91 Å². The van der Waals surface area contributed by atoms with Gasteiger partial charge in [0.05, 0.1) is 5.02 Å². The van der Waals surface area contributed by atoms with E-state index < -0.39 is 0 Å². The number of hydrogen-bond acceptors (Lipinski definition) is 1. The van der Waals surface area contributed by atoms with Crippen LogP contribution in [-0.4, -0.2) is 10.5 Å². The Hall–Kier alpha value is -1.01. The fourth-order valence-corrected chi connectivity index (χ4v) is 2.53. The molecule has 0 aliphatic rings. The van der Waals surface area contributed by atoms with Crippen molar-refractivity contribution in [2.45, 2.75) is 20.4 Å². The minimum atomic E-state index is -0.145. The van der Waals surface area contributed by atoms with Crippen molar-refractivity contribution in [2.75, 3.05) is 5.32 Å². The van der Waals surface area contributed by atoms with Crippen LogP contribution in [-0.2, 0) is 6.54 Å². The third-order valence-electron chi connectivity index (χ3n) is 2.87. The van der Waals surface area contributed by atoms with E-state index in [-0.39, 0.29) is 5.91 Å². The maximum Gasteiger partial charge on any atom is 0.272 e. The molecule has 1 amide bonds. The van der Waals surface area contributed by atoms with Crippen molar-refractivity contribution < 1.29 is 4.79 Å². The molecule has 1 aromatic heterocycles. The highest BCUT2D eigenvalue weighted by Crippen LogP contribution is 2.19. The first kappa shape index (κ1) is 14.4. The van der Waals surface area contributed by atoms with Gasteiger partial charge in [-0.05, 0) is 60.2 Å². The largest absolute Gasteiger partial charge is 0.342 e. The highest BCUT2D eigenvalue weighted by Gasteiger charge is 2.12. The van der Waals surface area contributed by atoms with Crippen molar-refractivity contribution in [3.63, 3.8) is 0 Å². The number of halogens is 2. The van der Waals surface area contributed by atoms with Crippen LogP contribution >= 0.6 is 34.2 Å². The molecule has 1 aromatic carbocycles. The minimum absolute atomic E-state index is 0.145. The van der Waals surface area contributed by atoms with E-state index in [1.54, 1.807) is 12.3 Å². The molecule has 0 radical (unpaired) electrons. The van der Waals surface area contributed by atoms with Crippen molar-refractivity contribution in [3.8, 4) is 0 Å². The number of rotatable bonds is 3. The van der Waals surface area contributed by atoms with Crippen LogP contribution in [0.2, 0.25) is 5.02 Å². The molecule has 0 fully saturated rings. The zero-order chi connectivity index (χ0) is 14.0. The average Bonchev–Trinajstić information content (AvgIpc) is 2.75. The van der Waals surface area contributed by atoms with Crippen LogP contribution in [0.1, 0.15) is 23.0 Å². The second-order valence-corrected chi connectivity index (χ2v) is 5.85. The van der Waals surface area contributed by atoms with Gasteiger partial charge in [-0.3, -0.25) is 4.79 Å². The van der Waals surface area contributed by atoms with Gasteiger partial charge >= 0.3 is 0 Å². The number of carbonyl (C=O) groups is 1. The van der Waals surface area contributed by atoms with Crippen molar-refractivity contribution in [1.82, 2.24) is 4.57 Å². The summed E-state index contributed by atoms with van der Waals surface area (Å²) < 4.78 is 2.95. The first-order valence-electron chi connectivity index (χ1n) is 5.94. The van der Waals surface area contributed by atoms with E-state index >= 15 is 0 Å². The topological polar surface area (TPSA) is 34.0 Å². The maximum atomic E-state index is 12.2. The third-order valence-corrected chi connectivity index (χ3v) is 4.24. The predicted molar refractivity (Wildman–Crippen MR) is 87.0 cm³/mol. The third kappa shape index (κ3) is 3.30. The van der Waals surface area contributed by atoms with E-state index in [2.05, 4.69) is 27.9 Å². The number of anilines is 1. The lowest BCUT2D eigenvalue weighted by atomic mass is 10.2. The molecule has 2 aromatic rings. The Morgan fingerprint density at radius 3 is 2.79 bits per heavy atom. The van der Waals surface area contributed by atoms with E-state index in [4.69, 9.17) is 11.6 Å². The van der Waals surface area contributed by atoms with Gasteiger partial charge in [-0.15, -0.1) is 0 Å². The number of nitrogens with one attached hydrogen (secondary N) is 1. The van der Waals surface area contributed by atoms with Gasteiger partial charge in [0.15, 0.2) is 0 Å². The summed E-state index contributed by atoms with van der Waals surface area (Å²) >= 11 is 8.19. The van der Waals surface area contributed by atoms with Crippen LogP contribution in [0.4, 0.5) is 5.69 Å². The standard InChI is InChI=1S/C14H14ClIN2O/c1-3-18-8-10(15)6-13(18)14(19)17-11-5-4-9(2)12(16)7-11/h4-8H,3H2,1-2H3,(H,17,19). The van der Waals surface area contributed by atoms with Crippen molar-refractivity contribution in [3.05, 3.63) is 50.3 Å². The van der Waals surface area contributed by atoms with Crippen LogP contribution in [0.25, 0.3) is 0 Å². The van der Waals surface area contributed by atoms with Crippen LogP contribution in [0, 0.1) is 10.5 Å². The van der Waals surface area contributed by atoms with E-state index in [1.807, 2.05) is 36.6 Å². The number of benzene rings is 1. The number of amides is 1. The van der Waals surface area contributed by atoms with Gasteiger partial charge < -0.3 is 9.88 Å². The summed E-state index contributed by atoms with van der Waals surface area (Å²) in [5.74, 6) is -0.145. The highest BCUT2D eigenvalue weighted by molar-refractivity contribution is 14.1. The Balaban J connectivity index is 2.22. The quantitative estimate of drug-likeness (QED) is 0.780. The summed E-state index contributed by atoms with van der Waals surface area (Å²) in [6.07, 6.45) is 1.76. The lowest BCUT2D eigenvalue weighted by Gasteiger charge is -2.08. The summed E-state index contributed by atoms with van der Waals surface area (Å²) in [6, 6.07) is 7.52.